The second-order valence-electron chi connectivity index (χ2n) is 7.77. The van der Waals surface area contributed by atoms with Crippen molar-refractivity contribution in [3.63, 3.8) is 0 Å². The smallest absolute Gasteiger partial charge is 0.193 e. The Morgan fingerprint density at radius 1 is 1.37 bits per heavy atom. The van der Waals surface area contributed by atoms with Gasteiger partial charge in [-0.25, -0.2) is 0 Å². The summed E-state index contributed by atoms with van der Waals surface area (Å²) in [6.07, 6.45) is 5.51. The number of H-pyrrole nitrogens is 1. The van der Waals surface area contributed by atoms with E-state index >= 15 is 0 Å². The molecule has 1 unspecified atom stereocenters. The molecule has 4 rings (SSSR count). The van der Waals surface area contributed by atoms with E-state index in [2.05, 4.69) is 53.4 Å². The maximum Gasteiger partial charge on any atom is 0.193 e. The van der Waals surface area contributed by atoms with Crippen molar-refractivity contribution in [1.82, 2.24) is 15.2 Å². The van der Waals surface area contributed by atoms with Crippen LogP contribution in [-0.2, 0) is 11.2 Å². The Morgan fingerprint density at radius 2 is 2.26 bits per heavy atom. The summed E-state index contributed by atoms with van der Waals surface area (Å²) in [4.78, 5) is 10.8. The molecule has 0 aliphatic carbocycles. The summed E-state index contributed by atoms with van der Waals surface area (Å²) in [6, 6.07) is 6.49. The van der Waals surface area contributed by atoms with Gasteiger partial charge in [-0.1, -0.05) is 18.2 Å². The highest BCUT2D eigenvalue weighted by atomic mass is 127. The number of benzene rings is 1. The number of para-hydroxylation sites is 1. The average Bonchev–Trinajstić information content (AvgIpc) is 3.37. The van der Waals surface area contributed by atoms with Crippen molar-refractivity contribution >= 4 is 40.8 Å². The lowest BCUT2D eigenvalue weighted by atomic mass is 9.87. The molecule has 2 aromatic rings. The molecule has 27 heavy (non-hydrogen) atoms. The minimum atomic E-state index is 0. The van der Waals surface area contributed by atoms with E-state index in [0.717, 1.165) is 51.8 Å². The van der Waals surface area contributed by atoms with E-state index < -0.39 is 0 Å². The van der Waals surface area contributed by atoms with Crippen molar-refractivity contribution in [1.29, 1.82) is 0 Å². The second-order valence-corrected chi connectivity index (χ2v) is 7.77. The van der Waals surface area contributed by atoms with Gasteiger partial charge in [-0.15, -0.1) is 24.0 Å². The molecule has 2 saturated heterocycles. The van der Waals surface area contributed by atoms with E-state index in [0.29, 0.717) is 5.41 Å². The quantitative estimate of drug-likeness (QED) is 0.397. The Kier molecular flexibility index (Phi) is 6.68. The average molecular weight is 482 g/mol. The lowest BCUT2D eigenvalue weighted by Crippen LogP contribution is -2.41. The van der Waals surface area contributed by atoms with E-state index in [1.54, 1.807) is 0 Å². The number of guanidine groups is 1. The van der Waals surface area contributed by atoms with Gasteiger partial charge in [0.25, 0.3) is 0 Å². The number of fused-ring (bicyclic) bond motifs is 1. The third kappa shape index (κ3) is 4.26. The van der Waals surface area contributed by atoms with Gasteiger partial charge < -0.3 is 19.9 Å². The zero-order chi connectivity index (χ0) is 18.0. The van der Waals surface area contributed by atoms with Crippen molar-refractivity contribution in [2.45, 2.75) is 33.1 Å². The normalized spacial score (nSPS) is 22.6. The summed E-state index contributed by atoms with van der Waals surface area (Å²) in [6.45, 7) is 10.0. The number of aromatic amines is 1. The maximum atomic E-state index is 5.66. The molecule has 5 nitrogen and oxygen atoms in total. The summed E-state index contributed by atoms with van der Waals surface area (Å²) in [7, 11) is 0. The topological polar surface area (TPSA) is 52.7 Å². The predicted octanol–water partition coefficient (Wildman–Crippen LogP) is 3.71. The molecule has 0 radical (unpaired) electrons. The molecule has 1 atom stereocenters. The van der Waals surface area contributed by atoms with Crippen molar-refractivity contribution in [3.05, 3.63) is 35.5 Å². The van der Waals surface area contributed by atoms with Crippen LogP contribution in [0.4, 0.5) is 0 Å². The Hall–Kier alpha value is -1.28. The first-order valence-electron chi connectivity index (χ1n) is 9.87. The Balaban J connectivity index is 0.00000210. The molecule has 6 heteroatoms. The summed E-state index contributed by atoms with van der Waals surface area (Å²) >= 11 is 0. The molecule has 2 aliphatic rings. The van der Waals surface area contributed by atoms with Crippen LogP contribution in [0.15, 0.2) is 29.4 Å². The largest absolute Gasteiger partial charge is 0.381 e. The Bertz CT molecular complexity index is 795. The van der Waals surface area contributed by atoms with Gasteiger partial charge in [0.15, 0.2) is 5.96 Å². The molecule has 3 heterocycles. The first-order chi connectivity index (χ1) is 12.7. The van der Waals surface area contributed by atoms with Crippen LogP contribution in [0.5, 0.6) is 0 Å². The van der Waals surface area contributed by atoms with Crippen molar-refractivity contribution < 1.29 is 4.74 Å². The van der Waals surface area contributed by atoms with Gasteiger partial charge in [-0.2, -0.15) is 0 Å². The first-order valence-corrected chi connectivity index (χ1v) is 9.87. The van der Waals surface area contributed by atoms with E-state index in [9.17, 15) is 0 Å². The molecule has 1 aromatic carbocycles. The number of nitrogens with zero attached hydrogens (tertiary/aromatic N) is 2. The third-order valence-electron chi connectivity index (χ3n) is 5.91. The number of hydrogen-bond donors (Lipinski definition) is 2. The number of ether oxygens (including phenoxy) is 1. The first kappa shape index (κ1) is 20.5. The molecule has 0 amide bonds. The van der Waals surface area contributed by atoms with Gasteiger partial charge in [0.05, 0.1) is 6.61 Å². The summed E-state index contributed by atoms with van der Waals surface area (Å²) in [5, 5.41) is 4.81. The van der Waals surface area contributed by atoms with Crippen LogP contribution in [0, 0.1) is 12.3 Å². The molecule has 2 N–H and O–H groups in total. The van der Waals surface area contributed by atoms with Crippen molar-refractivity contribution in [2.75, 3.05) is 39.4 Å². The molecule has 1 aromatic heterocycles. The van der Waals surface area contributed by atoms with Crippen LogP contribution < -0.4 is 5.32 Å². The second kappa shape index (κ2) is 8.82. The minimum Gasteiger partial charge on any atom is -0.381 e. The van der Waals surface area contributed by atoms with Gasteiger partial charge in [-0.3, -0.25) is 4.99 Å². The summed E-state index contributed by atoms with van der Waals surface area (Å²) < 4.78 is 5.66. The van der Waals surface area contributed by atoms with E-state index in [-0.39, 0.29) is 24.0 Å². The number of aromatic nitrogens is 1. The fourth-order valence-electron chi connectivity index (χ4n) is 4.37. The van der Waals surface area contributed by atoms with Crippen LogP contribution in [0.3, 0.4) is 0 Å². The van der Waals surface area contributed by atoms with E-state index in [1.807, 2.05) is 0 Å². The maximum absolute atomic E-state index is 5.66. The van der Waals surface area contributed by atoms with Gasteiger partial charge in [0.2, 0.25) is 0 Å². The van der Waals surface area contributed by atoms with Crippen molar-refractivity contribution in [3.8, 4) is 0 Å². The van der Waals surface area contributed by atoms with Gasteiger partial charge >= 0.3 is 0 Å². The lowest BCUT2D eigenvalue weighted by molar-refractivity contribution is 0.156. The zero-order valence-corrected chi connectivity index (χ0v) is 18.7. The number of likely N-dealkylation sites (tertiary alicyclic amines) is 1. The number of halogens is 1. The molecular formula is C21H31IN4O. The number of hydrogen-bond acceptors (Lipinski definition) is 2. The van der Waals surface area contributed by atoms with Crippen molar-refractivity contribution in [2.24, 2.45) is 10.4 Å². The Morgan fingerprint density at radius 3 is 3.04 bits per heavy atom. The molecule has 2 fully saturated rings. The lowest BCUT2D eigenvalue weighted by Gasteiger charge is -2.25. The van der Waals surface area contributed by atoms with Crippen LogP contribution in [0.2, 0.25) is 0 Å². The number of rotatable bonds is 4. The standard InChI is InChI=1S/C21H30N4O.HI/c1-3-22-20(25-11-8-21(14-25)9-12-26-15-21)23-10-7-17-13-24-19-16(2)5-4-6-18(17)19;/h4-6,13,24H,3,7-12,14-15H2,1-2H3,(H,22,23);1H. The molecule has 2 aliphatic heterocycles. The number of nitrogens with one attached hydrogen (secondary N) is 2. The minimum absolute atomic E-state index is 0. The van der Waals surface area contributed by atoms with Gasteiger partial charge in [-0.05, 0) is 44.2 Å². The van der Waals surface area contributed by atoms with Crippen LogP contribution >= 0.6 is 24.0 Å². The SMILES string of the molecule is CCNC(=NCCc1c[nH]c2c(C)cccc12)N1CCC2(CCOC2)C1.I. The highest BCUT2D eigenvalue weighted by Gasteiger charge is 2.42. The van der Waals surface area contributed by atoms with Crippen LogP contribution in [-0.4, -0.2) is 55.2 Å². The molecule has 0 saturated carbocycles. The fraction of sp³-hybridized carbons (Fsp3) is 0.571. The zero-order valence-electron chi connectivity index (χ0n) is 16.4. The third-order valence-corrected chi connectivity index (χ3v) is 5.91. The molecule has 1 spiro atoms. The van der Waals surface area contributed by atoms with Crippen LogP contribution in [0.1, 0.15) is 30.9 Å². The molecular weight excluding hydrogens is 451 g/mol. The molecule has 148 valence electrons. The van der Waals surface area contributed by atoms with Crippen LogP contribution in [0.25, 0.3) is 10.9 Å². The van der Waals surface area contributed by atoms with Gasteiger partial charge in [0, 0.05) is 55.3 Å². The highest BCUT2D eigenvalue weighted by molar-refractivity contribution is 14.0. The number of aliphatic imine (C=N–C) groups is 1. The Labute approximate surface area is 179 Å². The number of aryl methyl sites for hydroxylation is 1. The fourth-order valence-corrected chi connectivity index (χ4v) is 4.37. The van der Waals surface area contributed by atoms with Gasteiger partial charge in [0.1, 0.15) is 0 Å². The summed E-state index contributed by atoms with van der Waals surface area (Å²) in [5.41, 5.74) is 4.27. The van der Waals surface area contributed by atoms with E-state index in [4.69, 9.17) is 9.73 Å². The highest BCUT2D eigenvalue weighted by Crippen LogP contribution is 2.38. The van der Waals surface area contributed by atoms with E-state index in [1.165, 1.54) is 34.9 Å². The summed E-state index contributed by atoms with van der Waals surface area (Å²) in [5.74, 6) is 1.06. The molecule has 0 bridgehead atoms. The monoisotopic (exact) mass is 482 g/mol. The predicted molar refractivity (Wildman–Crippen MR) is 122 cm³/mol.